The van der Waals surface area contributed by atoms with Gasteiger partial charge in [-0.25, -0.2) is 4.79 Å². The third kappa shape index (κ3) is 4.69. The Labute approximate surface area is 231 Å². The molecule has 4 aliphatic rings. The Morgan fingerprint density at radius 1 is 1.00 bits per heavy atom. The number of rotatable bonds is 4. The van der Waals surface area contributed by atoms with Gasteiger partial charge in [-0.1, -0.05) is 41.8 Å². The van der Waals surface area contributed by atoms with E-state index >= 15 is 0 Å². The zero-order valence-corrected chi connectivity index (χ0v) is 22.7. The zero-order valence-electron chi connectivity index (χ0n) is 21.2. The number of Topliss-reactive ketones (excluding diaryl/α,β-unsaturated/α-hetero) is 1. The normalized spacial score (nSPS) is 23.3. The molecule has 2 heterocycles. The largest absolute Gasteiger partial charge is 0.459 e. The zero-order chi connectivity index (χ0) is 26.4. The Balaban J connectivity index is 1.42. The average Bonchev–Trinajstić information content (AvgIpc) is 3.35. The van der Waals surface area contributed by atoms with Crippen LogP contribution in [0.25, 0.3) is 0 Å². The predicted molar refractivity (Wildman–Crippen MR) is 145 cm³/mol. The molecule has 0 radical (unpaired) electrons. The third-order valence-corrected chi connectivity index (χ3v) is 8.60. The number of allylic oxidation sites excluding steroid dienone is 3. The smallest absolute Gasteiger partial charge is 0.337 e. The van der Waals surface area contributed by atoms with Crippen LogP contribution in [0.1, 0.15) is 74.8 Å². The molecule has 1 saturated carbocycles. The summed E-state index contributed by atoms with van der Waals surface area (Å²) in [5, 5.41) is 4.48. The predicted octanol–water partition coefficient (Wildman–Crippen LogP) is 6.96. The van der Waals surface area contributed by atoms with Crippen molar-refractivity contribution in [2.45, 2.75) is 69.8 Å². The van der Waals surface area contributed by atoms with E-state index in [9.17, 15) is 9.59 Å². The van der Waals surface area contributed by atoms with Gasteiger partial charge in [0.15, 0.2) is 17.3 Å². The fourth-order valence-electron chi connectivity index (χ4n) is 6.14. The van der Waals surface area contributed by atoms with E-state index in [1.54, 1.807) is 12.1 Å². The second-order valence-electron chi connectivity index (χ2n) is 10.5. The molecule has 1 fully saturated rings. The molecule has 0 aromatic heterocycles. The molecule has 8 heteroatoms. The van der Waals surface area contributed by atoms with Crippen LogP contribution in [0.3, 0.4) is 0 Å². The summed E-state index contributed by atoms with van der Waals surface area (Å²) in [4.78, 5) is 27.6. The molecular formula is C30H29Cl2NO5. The summed E-state index contributed by atoms with van der Waals surface area (Å²) in [5.74, 6) is 0.00914. The van der Waals surface area contributed by atoms with Gasteiger partial charge in [0.25, 0.3) is 0 Å². The van der Waals surface area contributed by atoms with Crippen LogP contribution in [0.4, 0.5) is 0 Å². The standard InChI is InChI=1S/C30H29Cl2NO5/c1-16-27(30(35)38-20-5-3-2-4-6-20)28(21-13-25-26(14-22(21)32)37-15-36-25)29-23(33-16)11-18(12-24(29)34)17-7-9-19(31)10-8-17/h7-10,13-14,18,20,28,33H,2-6,11-12,15H2,1H3/t18-,28+/m0/s1. The first-order valence-corrected chi connectivity index (χ1v) is 13.9. The number of dihydropyridines is 1. The quantitative estimate of drug-likeness (QED) is 0.412. The fourth-order valence-corrected chi connectivity index (χ4v) is 6.53. The SMILES string of the molecule is CC1=C(C(=O)OC2CCCCC2)[C@@H](c2cc3c(cc2Cl)OCO3)C2=C(C[C@H](c3ccc(Cl)cc3)CC2=O)N1. The summed E-state index contributed by atoms with van der Waals surface area (Å²) in [7, 11) is 0. The summed E-state index contributed by atoms with van der Waals surface area (Å²) < 4.78 is 17.2. The highest BCUT2D eigenvalue weighted by atomic mass is 35.5. The Hall–Kier alpha value is -2.96. The number of carbonyl (C=O) groups excluding carboxylic acids is 2. The van der Waals surface area contributed by atoms with Crippen LogP contribution in [0.2, 0.25) is 10.0 Å². The van der Waals surface area contributed by atoms with Gasteiger partial charge < -0.3 is 19.5 Å². The number of benzene rings is 2. The lowest BCUT2D eigenvalue weighted by atomic mass is 9.71. The highest BCUT2D eigenvalue weighted by molar-refractivity contribution is 6.32. The minimum Gasteiger partial charge on any atom is -0.459 e. The second-order valence-corrected chi connectivity index (χ2v) is 11.3. The van der Waals surface area contributed by atoms with E-state index < -0.39 is 11.9 Å². The van der Waals surface area contributed by atoms with Crippen molar-refractivity contribution in [2.24, 2.45) is 0 Å². The van der Waals surface area contributed by atoms with E-state index in [0.717, 1.165) is 43.4 Å². The van der Waals surface area contributed by atoms with E-state index in [1.165, 1.54) is 0 Å². The van der Waals surface area contributed by atoms with Crippen LogP contribution in [0.5, 0.6) is 11.5 Å². The van der Waals surface area contributed by atoms with Crippen molar-refractivity contribution < 1.29 is 23.8 Å². The number of ether oxygens (including phenoxy) is 3. The van der Waals surface area contributed by atoms with Gasteiger partial charge in [0.05, 0.1) is 5.57 Å². The molecule has 38 heavy (non-hydrogen) atoms. The topological polar surface area (TPSA) is 73.9 Å². The lowest BCUT2D eigenvalue weighted by Crippen LogP contribution is -2.37. The highest BCUT2D eigenvalue weighted by Crippen LogP contribution is 2.50. The maximum Gasteiger partial charge on any atom is 0.337 e. The van der Waals surface area contributed by atoms with E-state index in [-0.39, 0.29) is 24.6 Å². The number of nitrogens with one attached hydrogen (secondary N) is 1. The molecule has 6 rings (SSSR count). The molecular weight excluding hydrogens is 525 g/mol. The van der Waals surface area contributed by atoms with Crippen LogP contribution >= 0.6 is 23.2 Å². The number of halogens is 2. The monoisotopic (exact) mass is 553 g/mol. The van der Waals surface area contributed by atoms with Crippen molar-refractivity contribution in [1.82, 2.24) is 5.32 Å². The molecule has 0 amide bonds. The number of fused-ring (bicyclic) bond motifs is 1. The molecule has 2 aliphatic carbocycles. The number of ketones is 1. The summed E-state index contributed by atoms with van der Waals surface area (Å²) in [6, 6.07) is 11.1. The summed E-state index contributed by atoms with van der Waals surface area (Å²) in [5.41, 5.74) is 4.17. The first kappa shape index (κ1) is 25.3. The van der Waals surface area contributed by atoms with E-state index in [2.05, 4.69) is 5.32 Å². The number of esters is 1. The number of hydrogen-bond donors (Lipinski definition) is 1. The van der Waals surface area contributed by atoms with Crippen molar-refractivity contribution in [3.8, 4) is 11.5 Å². The Morgan fingerprint density at radius 3 is 2.45 bits per heavy atom. The van der Waals surface area contributed by atoms with Crippen LogP contribution in [-0.2, 0) is 14.3 Å². The summed E-state index contributed by atoms with van der Waals surface area (Å²) in [6.07, 6.45) is 5.81. The van der Waals surface area contributed by atoms with Gasteiger partial charge in [0.1, 0.15) is 6.10 Å². The Bertz CT molecular complexity index is 1360. The molecule has 2 atom stereocenters. The molecule has 0 spiro atoms. The molecule has 2 aromatic carbocycles. The first-order valence-electron chi connectivity index (χ1n) is 13.2. The van der Waals surface area contributed by atoms with Crippen molar-refractivity contribution >= 4 is 35.0 Å². The van der Waals surface area contributed by atoms with Crippen LogP contribution in [-0.4, -0.2) is 24.6 Å². The van der Waals surface area contributed by atoms with E-state index in [1.807, 2.05) is 31.2 Å². The molecule has 6 nitrogen and oxygen atoms in total. The number of hydrogen-bond acceptors (Lipinski definition) is 6. The lowest BCUT2D eigenvalue weighted by molar-refractivity contribution is -0.146. The highest BCUT2D eigenvalue weighted by Gasteiger charge is 2.43. The van der Waals surface area contributed by atoms with Crippen LogP contribution in [0, 0.1) is 0 Å². The van der Waals surface area contributed by atoms with Crippen LogP contribution < -0.4 is 14.8 Å². The van der Waals surface area contributed by atoms with Crippen molar-refractivity contribution in [1.29, 1.82) is 0 Å². The minimum absolute atomic E-state index is 0.00225. The van der Waals surface area contributed by atoms with Crippen LogP contribution in [0.15, 0.2) is 58.9 Å². The number of carbonyl (C=O) groups is 2. The average molecular weight is 554 g/mol. The fraction of sp³-hybridized carbons (Fsp3) is 0.400. The van der Waals surface area contributed by atoms with Gasteiger partial charge in [-0.3, -0.25) is 4.79 Å². The van der Waals surface area contributed by atoms with Gasteiger partial charge in [-0.2, -0.15) is 0 Å². The van der Waals surface area contributed by atoms with Crippen molar-refractivity contribution in [3.05, 3.63) is 80.1 Å². The summed E-state index contributed by atoms with van der Waals surface area (Å²) >= 11 is 12.9. The van der Waals surface area contributed by atoms with Gasteiger partial charge in [0.2, 0.25) is 6.79 Å². The van der Waals surface area contributed by atoms with E-state index in [0.29, 0.717) is 56.8 Å². The molecule has 1 N–H and O–H groups in total. The third-order valence-electron chi connectivity index (χ3n) is 8.02. The van der Waals surface area contributed by atoms with Gasteiger partial charge >= 0.3 is 5.97 Å². The van der Waals surface area contributed by atoms with Crippen molar-refractivity contribution in [2.75, 3.05) is 6.79 Å². The summed E-state index contributed by atoms with van der Waals surface area (Å²) in [6.45, 7) is 1.97. The maximum atomic E-state index is 13.9. The first-order chi connectivity index (χ1) is 18.4. The molecule has 0 unspecified atom stereocenters. The lowest BCUT2D eigenvalue weighted by Gasteiger charge is -2.37. The molecule has 2 aromatic rings. The Morgan fingerprint density at radius 2 is 1.71 bits per heavy atom. The molecule has 0 bridgehead atoms. The van der Waals surface area contributed by atoms with Gasteiger partial charge in [-0.15, -0.1) is 0 Å². The molecule has 2 aliphatic heterocycles. The molecule has 0 saturated heterocycles. The van der Waals surface area contributed by atoms with E-state index in [4.69, 9.17) is 37.4 Å². The molecule has 198 valence electrons. The minimum atomic E-state index is -0.664. The van der Waals surface area contributed by atoms with Crippen molar-refractivity contribution in [3.63, 3.8) is 0 Å². The maximum absolute atomic E-state index is 13.9. The Kier molecular flexibility index (Phi) is 6.87. The van der Waals surface area contributed by atoms with Gasteiger partial charge in [0, 0.05) is 45.4 Å². The van der Waals surface area contributed by atoms with Gasteiger partial charge in [-0.05, 0) is 74.3 Å². The second kappa shape index (κ2) is 10.3.